The molecule has 182 valence electrons. The number of halogens is 1. The number of hydrogen-bond donors (Lipinski definition) is 2. The van der Waals surface area contributed by atoms with Crippen LogP contribution in [0.3, 0.4) is 0 Å². The molecule has 0 bridgehead atoms. The molecule has 3 aromatic carbocycles. The molecule has 1 saturated carbocycles. The van der Waals surface area contributed by atoms with Gasteiger partial charge in [0.25, 0.3) is 0 Å². The highest BCUT2D eigenvalue weighted by Crippen LogP contribution is 2.58. The number of nitrogens with one attached hydrogen (secondary N) is 1. The first kappa shape index (κ1) is 22.9. The minimum absolute atomic E-state index is 0.155. The van der Waals surface area contributed by atoms with E-state index >= 15 is 0 Å². The molecule has 0 amide bonds. The largest absolute Gasteiger partial charge is 0.480 e. The molecule has 0 radical (unpaired) electrons. The maximum atomic E-state index is 12.6. The molecular weight excluding hydrogens is 470 g/mol. The highest BCUT2D eigenvalue weighted by Gasteiger charge is 2.55. The highest BCUT2D eigenvalue weighted by molar-refractivity contribution is 6.30. The second kappa shape index (κ2) is 8.86. The Balaban J connectivity index is 1.34. The molecule has 2 aliphatic rings. The lowest BCUT2D eigenvalue weighted by Crippen LogP contribution is -2.52. The lowest BCUT2D eigenvalue weighted by molar-refractivity contribution is -0.144. The number of carbonyl (C=O) groups is 1. The Hall–Kier alpha value is -3.50. The second-order valence-electron chi connectivity index (χ2n) is 10.2. The Morgan fingerprint density at radius 3 is 2.39 bits per heavy atom. The lowest BCUT2D eigenvalue weighted by atomic mass is 9.60. The van der Waals surface area contributed by atoms with Gasteiger partial charge in [0, 0.05) is 27.6 Å². The SMILES string of the molecule is O=C(O)C1(Nc2cccc(Cl)c2)CCC2(CC1)c1ccccc1C[C@H]2c1ccc(-c2ccccc2)o1. The van der Waals surface area contributed by atoms with Gasteiger partial charge >= 0.3 is 5.97 Å². The molecule has 0 saturated heterocycles. The normalized spacial score (nSPS) is 25.0. The van der Waals surface area contributed by atoms with Crippen LogP contribution in [0.1, 0.15) is 48.5 Å². The van der Waals surface area contributed by atoms with Crippen molar-refractivity contribution in [2.24, 2.45) is 0 Å². The number of aliphatic carboxylic acids is 1. The number of carboxylic acids is 1. The first-order valence-electron chi connectivity index (χ1n) is 12.5. The predicted octanol–water partition coefficient (Wildman–Crippen LogP) is 7.69. The maximum absolute atomic E-state index is 12.6. The summed E-state index contributed by atoms with van der Waals surface area (Å²) >= 11 is 6.18. The van der Waals surface area contributed by atoms with Gasteiger partial charge in [0.05, 0.1) is 0 Å². The van der Waals surface area contributed by atoms with Crippen LogP contribution in [0.4, 0.5) is 5.69 Å². The smallest absolute Gasteiger partial charge is 0.329 e. The first-order chi connectivity index (χ1) is 17.5. The number of benzene rings is 3. The van der Waals surface area contributed by atoms with Crippen molar-refractivity contribution in [2.45, 2.75) is 49.0 Å². The summed E-state index contributed by atoms with van der Waals surface area (Å²) in [5.41, 5.74) is 3.30. The summed E-state index contributed by atoms with van der Waals surface area (Å²) in [4.78, 5) is 12.6. The summed E-state index contributed by atoms with van der Waals surface area (Å²) in [6.07, 6.45) is 3.46. The molecule has 6 rings (SSSR count). The Labute approximate surface area is 215 Å². The van der Waals surface area contributed by atoms with Crippen molar-refractivity contribution in [3.05, 3.63) is 113 Å². The van der Waals surface area contributed by atoms with E-state index in [1.165, 1.54) is 11.1 Å². The molecule has 2 N–H and O–H groups in total. The molecule has 4 nitrogen and oxygen atoms in total. The van der Waals surface area contributed by atoms with E-state index in [0.29, 0.717) is 17.9 Å². The third-order valence-electron chi connectivity index (χ3n) is 8.29. The van der Waals surface area contributed by atoms with Crippen molar-refractivity contribution in [1.29, 1.82) is 0 Å². The van der Waals surface area contributed by atoms with Crippen LogP contribution in [0.2, 0.25) is 5.02 Å². The standard InChI is InChI=1S/C31H28ClNO3/c32-23-10-6-11-24(20-23)33-31(29(34)35)17-15-30(16-18-31)25-12-5-4-9-22(25)19-26(30)28-14-13-27(36-28)21-7-2-1-3-8-21/h1-14,20,26,33H,15-19H2,(H,34,35)/t26-,30?,31?/m0/s1. The second-order valence-corrected chi connectivity index (χ2v) is 10.6. The average Bonchev–Trinajstić information content (AvgIpc) is 3.50. The van der Waals surface area contributed by atoms with E-state index < -0.39 is 11.5 Å². The van der Waals surface area contributed by atoms with Crippen molar-refractivity contribution in [3.8, 4) is 11.3 Å². The van der Waals surface area contributed by atoms with E-state index in [4.69, 9.17) is 16.0 Å². The number of anilines is 1. The van der Waals surface area contributed by atoms with Crippen LogP contribution in [0.15, 0.2) is 95.4 Å². The van der Waals surface area contributed by atoms with Gasteiger partial charge in [-0.3, -0.25) is 0 Å². The Morgan fingerprint density at radius 2 is 1.64 bits per heavy atom. The summed E-state index contributed by atoms with van der Waals surface area (Å²) in [5.74, 6) is 1.21. The predicted molar refractivity (Wildman–Crippen MR) is 143 cm³/mol. The fourth-order valence-corrected chi connectivity index (χ4v) is 6.62. The molecule has 1 atom stereocenters. The van der Waals surface area contributed by atoms with Gasteiger partial charge in [-0.05, 0) is 73.6 Å². The van der Waals surface area contributed by atoms with Crippen LogP contribution in [0.25, 0.3) is 11.3 Å². The van der Waals surface area contributed by atoms with E-state index in [1.807, 2.05) is 30.3 Å². The number of carboxylic acid groups (broad SMARTS) is 1. The van der Waals surface area contributed by atoms with Crippen LogP contribution in [0, 0.1) is 0 Å². The number of rotatable bonds is 5. The Bertz CT molecular complexity index is 1400. The molecule has 0 unspecified atom stereocenters. The molecular formula is C31H28ClNO3. The van der Waals surface area contributed by atoms with Crippen LogP contribution < -0.4 is 5.32 Å². The van der Waals surface area contributed by atoms with Crippen LogP contribution in [-0.4, -0.2) is 16.6 Å². The van der Waals surface area contributed by atoms with Gasteiger partial charge in [-0.1, -0.05) is 72.3 Å². The summed E-state index contributed by atoms with van der Waals surface area (Å²) in [6, 6.07) is 30.3. The molecule has 1 heterocycles. The quantitative estimate of drug-likeness (QED) is 0.296. The molecule has 2 aliphatic carbocycles. The molecule has 0 aliphatic heterocycles. The molecule has 4 aromatic rings. The van der Waals surface area contributed by atoms with Crippen LogP contribution in [0.5, 0.6) is 0 Å². The van der Waals surface area contributed by atoms with Gasteiger partial charge in [0.1, 0.15) is 17.1 Å². The molecule has 5 heteroatoms. The van der Waals surface area contributed by atoms with Gasteiger partial charge in [-0.2, -0.15) is 0 Å². The fraction of sp³-hybridized carbons (Fsp3) is 0.258. The Morgan fingerprint density at radius 1 is 0.889 bits per heavy atom. The van der Waals surface area contributed by atoms with Gasteiger partial charge in [-0.25, -0.2) is 4.79 Å². The van der Waals surface area contributed by atoms with Crippen LogP contribution >= 0.6 is 11.6 Å². The molecule has 1 spiro atoms. The molecule has 1 aromatic heterocycles. The number of furan rings is 1. The van der Waals surface area contributed by atoms with Crippen molar-refractivity contribution in [1.82, 2.24) is 0 Å². The number of hydrogen-bond acceptors (Lipinski definition) is 3. The van der Waals surface area contributed by atoms with E-state index in [0.717, 1.165) is 42.0 Å². The molecule has 1 fully saturated rings. The van der Waals surface area contributed by atoms with Gasteiger partial charge in [0.15, 0.2) is 0 Å². The zero-order valence-electron chi connectivity index (χ0n) is 19.9. The summed E-state index contributed by atoms with van der Waals surface area (Å²) in [7, 11) is 0. The summed E-state index contributed by atoms with van der Waals surface area (Å²) < 4.78 is 6.47. The first-order valence-corrected chi connectivity index (χ1v) is 12.9. The zero-order chi connectivity index (χ0) is 24.8. The van der Waals surface area contributed by atoms with E-state index in [2.05, 4.69) is 53.8 Å². The van der Waals surface area contributed by atoms with E-state index in [1.54, 1.807) is 12.1 Å². The number of fused-ring (bicyclic) bond motifs is 2. The van der Waals surface area contributed by atoms with Crippen molar-refractivity contribution >= 4 is 23.3 Å². The average molecular weight is 498 g/mol. The summed E-state index contributed by atoms with van der Waals surface area (Å²) in [5, 5.41) is 14.3. The van der Waals surface area contributed by atoms with E-state index in [-0.39, 0.29) is 11.3 Å². The van der Waals surface area contributed by atoms with Gasteiger partial charge in [0.2, 0.25) is 0 Å². The monoisotopic (exact) mass is 497 g/mol. The minimum Gasteiger partial charge on any atom is -0.480 e. The molecule has 36 heavy (non-hydrogen) atoms. The minimum atomic E-state index is -1.03. The Kier molecular flexibility index (Phi) is 5.65. The third-order valence-corrected chi connectivity index (χ3v) is 8.52. The maximum Gasteiger partial charge on any atom is 0.329 e. The van der Waals surface area contributed by atoms with Gasteiger partial charge in [-0.15, -0.1) is 0 Å². The van der Waals surface area contributed by atoms with Crippen molar-refractivity contribution < 1.29 is 14.3 Å². The third kappa shape index (κ3) is 3.81. The van der Waals surface area contributed by atoms with Crippen LogP contribution in [-0.2, 0) is 16.6 Å². The topological polar surface area (TPSA) is 62.5 Å². The van der Waals surface area contributed by atoms with Crippen molar-refractivity contribution in [3.63, 3.8) is 0 Å². The van der Waals surface area contributed by atoms with Crippen molar-refractivity contribution in [2.75, 3.05) is 5.32 Å². The van der Waals surface area contributed by atoms with E-state index in [9.17, 15) is 9.90 Å². The fourth-order valence-electron chi connectivity index (χ4n) is 6.43. The summed E-state index contributed by atoms with van der Waals surface area (Å²) in [6.45, 7) is 0. The lowest BCUT2D eigenvalue weighted by Gasteiger charge is -2.46. The highest BCUT2D eigenvalue weighted by atomic mass is 35.5. The van der Waals surface area contributed by atoms with Gasteiger partial charge < -0.3 is 14.8 Å². The zero-order valence-corrected chi connectivity index (χ0v) is 20.7.